The van der Waals surface area contributed by atoms with Gasteiger partial charge in [-0.05, 0) is 19.8 Å². The van der Waals surface area contributed by atoms with E-state index in [1.54, 1.807) is 0 Å². The highest BCUT2D eigenvalue weighted by Gasteiger charge is 2.31. The van der Waals surface area contributed by atoms with Crippen molar-refractivity contribution in [1.82, 2.24) is 10.2 Å². The molecule has 3 unspecified atom stereocenters. The van der Waals surface area contributed by atoms with E-state index in [2.05, 4.69) is 33.0 Å². The third kappa shape index (κ3) is 3.36. The quantitative estimate of drug-likeness (QED) is 0.810. The normalized spacial score (nSPS) is 27.5. The van der Waals surface area contributed by atoms with Gasteiger partial charge in [-0.1, -0.05) is 20.8 Å². The van der Waals surface area contributed by atoms with E-state index in [4.69, 9.17) is 0 Å². The summed E-state index contributed by atoms with van der Waals surface area (Å²) in [4.78, 5) is 14.2. The Morgan fingerprint density at radius 2 is 1.88 bits per heavy atom. The molecular weight excluding hydrogens is 224 g/mol. The first-order chi connectivity index (χ1) is 6.95. The first kappa shape index (κ1) is 15.7. The molecule has 4 heteroatoms. The molecule has 1 amide bonds. The van der Waals surface area contributed by atoms with Gasteiger partial charge in [-0.15, -0.1) is 12.4 Å². The first-order valence-corrected chi connectivity index (χ1v) is 5.99. The van der Waals surface area contributed by atoms with Crippen LogP contribution in [0.3, 0.4) is 0 Å². The fourth-order valence-corrected chi connectivity index (χ4v) is 1.91. The summed E-state index contributed by atoms with van der Waals surface area (Å²) in [5.41, 5.74) is 0. The Labute approximate surface area is 105 Å². The lowest BCUT2D eigenvalue weighted by Crippen LogP contribution is -2.58. The zero-order valence-electron chi connectivity index (χ0n) is 11.0. The maximum atomic E-state index is 12.2. The molecule has 0 saturated carbocycles. The molecule has 0 aromatic carbocycles. The van der Waals surface area contributed by atoms with Crippen molar-refractivity contribution < 1.29 is 4.79 Å². The maximum Gasteiger partial charge on any atom is 0.225 e. The molecule has 0 radical (unpaired) electrons. The van der Waals surface area contributed by atoms with E-state index >= 15 is 0 Å². The summed E-state index contributed by atoms with van der Waals surface area (Å²) in [7, 11) is 0. The number of carbonyl (C=O) groups excluding carboxylic acids is 1. The molecule has 1 rings (SSSR count). The Balaban J connectivity index is 0.00000225. The van der Waals surface area contributed by atoms with Gasteiger partial charge in [0.2, 0.25) is 5.91 Å². The third-order valence-corrected chi connectivity index (χ3v) is 3.71. The number of hydrogen-bond acceptors (Lipinski definition) is 2. The second-order valence-corrected chi connectivity index (χ2v) is 5.05. The molecule has 3 atom stereocenters. The second-order valence-electron chi connectivity index (χ2n) is 5.05. The number of carbonyl (C=O) groups is 1. The van der Waals surface area contributed by atoms with Crippen molar-refractivity contribution in [3.63, 3.8) is 0 Å². The minimum atomic E-state index is 0. The van der Waals surface area contributed by atoms with Gasteiger partial charge in [-0.3, -0.25) is 4.79 Å². The molecular formula is C12H25ClN2O. The third-order valence-electron chi connectivity index (χ3n) is 3.71. The van der Waals surface area contributed by atoms with Gasteiger partial charge in [0.15, 0.2) is 0 Å². The summed E-state index contributed by atoms with van der Waals surface area (Å²) in [5.74, 6) is 0.874. The van der Waals surface area contributed by atoms with E-state index in [-0.39, 0.29) is 18.3 Å². The van der Waals surface area contributed by atoms with Crippen molar-refractivity contribution in [2.45, 2.75) is 46.7 Å². The van der Waals surface area contributed by atoms with Crippen LogP contribution in [0.5, 0.6) is 0 Å². The van der Waals surface area contributed by atoms with Crippen molar-refractivity contribution in [3.8, 4) is 0 Å². The van der Waals surface area contributed by atoms with E-state index in [0.29, 0.717) is 23.9 Å². The number of hydrogen-bond donors (Lipinski definition) is 1. The Hall–Kier alpha value is -0.280. The van der Waals surface area contributed by atoms with Crippen LogP contribution in [-0.2, 0) is 4.79 Å². The van der Waals surface area contributed by atoms with Crippen molar-refractivity contribution in [2.24, 2.45) is 11.8 Å². The Morgan fingerprint density at radius 1 is 1.31 bits per heavy atom. The predicted octanol–water partition coefficient (Wildman–Crippen LogP) is 1.91. The lowest BCUT2D eigenvalue weighted by atomic mass is 9.94. The van der Waals surface area contributed by atoms with Gasteiger partial charge in [0, 0.05) is 31.1 Å². The van der Waals surface area contributed by atoms with E-state index in [1.165, 1.54) is 0 Å². The van der Waals surface area contributed by atoms with Gasteiger partial charge < -0.3 is 10.2 Å². The number of amides is 1. The van der Waals surface area contributed by atoms with Crippen LogP contribution in [0.4, 0.5) is 0 Å². The van der Waals surface area contributed by atoms with E-state index < -0.39 is 0 Å². The molecule has 1 aliphatic rings. The zero-order chi connectivity index (χ0) is 11.6. The standard InChI is InChI=1S/C12H24N2O.ClH/c1-8(2)9(3)12(15)14-7-6-13-10(4)11(14)5;/h8-11,13H,6-7H2,1-5H3;1H. The number of nitrogens with one attached hydrogen (secondary N) is 1. The fourth-order valence-electron chi connectivity index (χ4n) is 1.91. The zero-order valence-corrected chi connectivity index (χ0v) is 11.8. The van der Waals surface area contributed by atoms with Gasteiger partial charge in [0.05, 0.1) is 0 Å². The van der Waals surface area contributed by atoms with Crippen molar-refractivity contribution in [1.29, 1.82) is 0 Å². The molecule has 0 spiro atoms. The van der Waals surface area contributed by atoms with Gasteiger partial charge in [0.25, 0.3) is 0 Å². The lowest BCUT2D eigenvalue weighted by Gasteiger charge is -2.40. The average Bonchev–Trinajstić information content (AvgIpc) is 2.20. The van der Waals surface area contributed by atoms with E-state index in [0.717, 1.165) is 13.1 Å². The van der Waals surface area contributed by atoms with Crippen LogP contribution in [0.1, 0.15) is 34.6 Å². The number of nitrogens with zero attached hydrogens (tertiary/aromatic N) is 1. The van der Waals surface area contributed by atoms with Gasteiger partial charge >= 0.3 is 0 Å². The summed E-state index contributed by atoms with van der Waals surface area (Å²) in [6.07, 6.45) is 0. The molecule has 0 aromatic rings. The van der Waals surface area contributed by atoms with Crippen molar-refractivity contribution in [3.05, 3.63) is 0 Å². The SMILES string of the molecule is CC(C)C(C)C(=O)N1CCNC(C)C1C.Cl. The number of halogens is 1. The highest BCUT2D eigenvalue weighted by Crippen LogP contribution is 2.17. The molecule has 1 saturated heterocycles. The minimum absolute atomic E-state index is 0. The first-order valence-electron chi connectivity index (χ1n) is 5.99. The molecule has 1 aliphatic heterocycles. The van der Waals surface area contributed by atoms with Gasteiger partial charge in [0.1, 0.15) is 0 Å². The number of rotatable bonds is 2. The van der Waals surface area contributed by atoms with Crippen molar-refractivity contribution in [2.75, 3.05) is 13.1 Å². The predicted molar refractivity (Wildman–Crippen MR) is 69.9 cm³/mol. The molecule has 0 bridgehead atoms. The van der Waals surface area contributed by atoms with Crippen LogP contribution in [0.15, 0.2) is 0 Å². The summed E-state index contributed by atoms with van der Waals surface area (Å²) in [5, 5.41) is 3.39. The van der Waals surface area contributed by atoms with Crippen LogP contribution >= 0.6 is 12.4 Å². The molecule has 0 aliphatic carbocycles. The maximum absolute atomic E-state index is 12.2. The van der Waals surface area contributed by atoms with Crippen LogP contribution in [0.2, 0.25) is 0 Å². The highest BCUT2D eigenvalue weighted by atomic mass is 35.5. The van der Waals surface area contributed by atoms with Crippen LogP contribution in [-0.4, -0.2) is 36.0 Å². The second kappa shape index (κ2) is 6.45. The number of piperazine rings is 1. The smallest absolute Gasteiger partial charge is 0.225 e. The van der Waals surface area contributed by atoms with Gasteiger partial charge in [-0.25, -0.2) is 0 Å². The largest absolute Gasteiger partial charge is 0.337 e. The highest BCUT2D eigenvalue weighted by molar-refractivity contribution is 5.85. The molecule has 16 heavy (non-hydrogen) atoms. The monoisotopic (exact) mass is 248 g/mol. The van der Waals surface area contributed by atoms with Crippen molar-refractivity contribution >= 4 is 18.3 Å². The molecule has 0 aromatic heterocycles. The van der Waals surface area contributed by atoms with Gasteiger partial charge in [-0.2, -0.15) is 0 Å². The van der Waals surface area contributed by atoms with Crippen LogP contribution in [0.25, 0.3) is 0 Å². The van der Waals surface area contributed by atoms with Crippen LogP contribution < -0.4 is 5.32 Å². The average molecular weight is 249 g/mol. The fraction of sp³-hybridized carbons (Fsp3) is 0.917. The topological polar surface area (TPSA) is 32.3 Å². The molecule has 96 valence electrons. The Morgan fingerprint density at radius 3 is 2.38 bits per heavy atom. The van der Waals surface area contributed by atoms with E-state index in [1.807, 2.05) is 11.8 Å². The lowest BCUT2D eigenvalue weighted by molar-refractivity contribution is -0.140. The molecule has 1 heterocycles. The minimum Gasteiger partial charge on any atom is -0.337 e. The molecule has 1 fully saturated rings. The summed E-state index contributed by atoms with van der Waals surface area (Å²) in [6.45, 7) is 12.3. The Kier molecular flexibility index (Phi) is 6.34. The van der Waals surface area contributed by atoms with E-state index in [9.17, 15) is 4.79 Å². The molecule has 1 N–H and O–H groups in total. The molecule has 3 nitrogen and oxygen atoms in total. The van der Waals surface area contributed by atoms with Crippen LogP contribution in [0, 0.1) is 11.8 Å². The summed E-state index contributed by atoms with van der Waals surface area (Å²) < 4.78 is 0. The Bertz CT molecular complexity index is 233. The summed E-state index contributed by atoms with van der Waals surface area (Å²) in [6, 6.07) is 0.717. The summed E-state index contributed by atoms with van der Waals surface area (Å²) >= 11 is 0.